The van der Waals surface area contributed by atoms with E-state index in [0.29, 0.717) is 0 Å². The normalized spacial score (nSPS) is 10.8. The van der Waals surface area contributed by atoms with Crippen molar-refractivity contribution < 1.29 is 33.3 Å². The van der Waals surface area contributed by atoms with E-state index in [1.807, 2.05) is 0 Å². The van der Waals surface area contributed by atoms with Crippen molar-refractivity contribution in [2.75, 3.05) is 0 Å². The highest BCUT2D eigenvalue weighted by molar-refractivity contribution is 6.06. The standard InChI is InChI=1S/C12H7F2NO5/c13-12(14)20-9-5-3-1-2-4-6(5)15-8(11(18)19)7(9)10(16)17/h1-4,12H,(H,16,17)(H,18,19)/p-2. The first-order chi connectivity index (χ1) is 9.41. The number of hydrogen-bond acceptors (Lipinski definition) is 6. The van der Waals surface area contributed by atoms with Crippen LogP contribution in [-0.4, -0.2) is 23.5 Å². The quantitative estimate of drug-likeness (QED) is 0.753. The van der Waals surface area contributed by atoms with E-state index in [9.17, 15) is 28.6 Å². The number of hydrogen-bond donors (Lipinski definition) is 0. The van der Waals surface area contributed by atoms with Crippen molar-refractivity contribution in [3.8, 4) is 5.75 Å². The molecular formula is C12H5F2NO5-2. The van der Waals surface area contributed by atoms with Gasteiger partial charge in [-0.1, -0.05) is 12.1 Å². The molecule has 6 nitrogen and oxygen atoms in total. The number of aromatic carboxylic acids is 2. The predicted molar refractivity (Wildman–Crippen MR) is 57.0 cm³/mol. The number of nitrogens with zero attached hydrogens (tertiary/aromatic N) is 1. The van der Waals surface area contributed by atoms with Crippen molar-refractivity contribution in [1.29, 1.82) is 0 Å². The minimum absolute atomic E-state index is 0.0210. The molecule has 2 rings (SSSR count). The minimum Gasteiger partial charge on any atom is -0.545 e. The van der Waals surface area contributed by atoms with Crippen LogP contribution in [0.4, 0.5) is 8.78 Å². The zero-order valence-corrected chi connectivity index (χ0v) is 9.63. The minimum atomic E-state index is -3.34. The molecule has 0 aliphatic heterocycles. The fourth-order valence-corrected chi connectivity index (χ4v) is 1.73. The van der Waals surface area contributed by atoms with Gasteiger partial charge < -0.3 is 24.5 Å². The average molecular weight is 281 g/mol. The second kappa shape index (κ2) is 5.08. The van der Waals surface area contributed by atoms with Gasteiger partial charge in [0.15, 0.2) is 0 Å². The lowest BCUT2D eigenvalue weighted by atomic mass is 10.1. The summed E-state index contributed by atoms with van der Waals surface area (Å²) in [6.45, 7) is -3.34. The first-order valence-electron chi connectivity index (χ1n) is 5.22. The second-order valence-electron chi connectivity index (χ2n) is 3.64. The van der Waals surface area contributed by atoms with Crippen LogP contribution in [-0.2, 0) is 0 Å². The molecule has 0 spiro atoms. The number of carbonyl (C=O) groups is 2. The SMILES string of the molecule is O=C([O-])c1nc2ccccc2c(OC(F)F)c1C(=O)[O-]. The molecule has 0 atom stereocenters. The Balaban J connectivity index is 2.89. The van der Waals surface area contributed by atoms with E-state index in [-0.39, 0.29) is 10.9 Å². The first kappa shape index (κ1) is 13.7. The number of carbonyl (C=O) groups excluding carboxylic acids is 2. The Kier molecular flexibility index (Phi) is 3.47. The molecule has 0 bridgehead atoms. The summed E-state index contributed by atoms with van der Waals surface area (Å²) in [7, 11) is 0. The number of halogens is 2. The molecule has 8 heteroatoms. The lowest BCUT2D eigenvalue weighted by Gasteiger charge is -2.18. The Bertz CT molecular complexity index is 702. The number of carboxylic acids is 2. The molecule has 0 N–H and O–H groups in total. The van der Waals surface area contributed by atoms with Gasteiger partial charge in [0.1, 0.15) is 5.75 Å². The van der Waals surface area contributed by atoms with Crippen LogP contribution in [0.25, 0.3) is 10.9 Å². The summed E-state index contributed by atoms with van der Waals surface area (Å²) in [5.41, 5.74) is -2.13. The van der Waals surface area contributed by atoms with Gasteiger partial charge in [0.2, 0.25) is 0 Å². The van der Waals surface area contributed by atoms with E-state index >= 15 is 0 Å². The molecule has 2 aromatic rings. The predicted octanol–water partition coefficient (Wildman–Crippen LogP) is -0.437. The van der Waals surface area contributed by atoms with E-state index in [4.69, 9.17) is 0 Å². The topological polar surface area (TPSA) is 102 Å². The highest BCUT2D eigenvalue weighted by atomic mass is 19.3. The Morgan fingerprint density at radius 2 is 1.80 bits per heavy atom. The van der Waals surface area contributed by atoms with E-state index in [2.05, 4.69) is 9.72 Å². The fraction of sp³-hybridized carbons (Fsp3) is 0.0833. The number of para-hydroxylation sites is 1. The number of benzene rings is 1. The van der Waals surface area contributed by atoms with Crippen LogP contribution in [0.2, 0.25) is 0 Å². The monoisotopic (exact) mass is 281 g/mol. The van der Waals surface area contributed by atoms with Gasteiger partial charge in [-0.15, -0.1) is 0 Å². The molecule has 0 aliphatic carbocycles. The van der Waals surface area contributed by atoms with Gasteiger partial charge in [-0.05, 0) is 12.1 Å². The van der Waals surface area contributed by atoms with Crippen LogP contribution in [0.1, 0.15) is 20.8 Å². The molecular weight excluding hydrogens is 276 g/mol. The fourth-order valence-electron chi connectivity index (χ4n) is 1.73. The van der Waals surface area contributed by atoms with Crippen molar-refractivity contribution in [1.82, 2.24) is 4.98 Å². The molecule has 1 heterocycles. The number of fused-ring (bicyclic) bond motifs is 1. The number of carboxylic acid groups (broad SMARTS) is 2. The van der Waals surface area contributed by atoms with Gasteiger partial charge in [0, 0.05) is 5.39 Å². The van der Waals surface area contributed by atoms with E-state index < -0.39 is 35.6 Å². The van der Waals surface area contributed by atoms with Crippen LogP contribution in [0, 0.1) is 0 Å². The Labute approximate surface area is 110 Å². The zero-order valence-electron chi connectivity index (χ0n) is 9.63. The summed E-state index contributed by atoms with van der Waals surface area (Å²) in [6, 6.07) is 5.49. The van der Waals surface area contributed by atoms with Crippen LogP contribution >= 0.6 is 0 Å². The van der Waals surface area contributed by atoms with Gasteiger partial charge in [-0.3, -0.25) is 0 Å². The highest BCUT2D eigenvalue weighted by Gasteiger charge is 2.20. The highest BCUT2D eigenvalue weighted by Crippen LogP contribution is 2.31. The van der Waals surface area contributed by atoms with Crippen LogP contribution in [0.15, 0.2) is 24.3 Å². The van der Waals surface area contributed by atoms with Crippen molar-refractivity contribution in [2.45, 2.75) is 6.61 Å². The number of alkyl halides is 2. The van der Waals surface area contributed by atoms with Crippen molar-refractivity contribution in [2.24, 2.45) is 0 Å². The summed E-state index contributed by atoms with van der Waals surface area (Å²) in [6.07, 6.45) is 0. The molecule has 0 saturated heterocycles. The lowest BCUT2D eigenvalue weighted by Crippen LogP contribution is -2.32. The smallest absolute Gasteiger partial charge is 0.387 e. The van der Waals surface area contributed by atoms with Crippen LogP contribution in [0.5, 0.6) is 5.75 Å². The van der Waals surface area contributed by atoms with Crippen molar-refractivity contribution in [3.05, 3.63) is 35.5 Å². The lowest BCUT2D eigenvalue weighted by molar-refractivity contribution is -0.260. The molecule has 20 heavy (non-hydrogen) atoms. The third kappa shape index (κ3) is 2.35. The molecule has 104 valence electrons. The third-order valence-corrected chi connectivity index (χ3v) is 2.45. The molecule has 0 aliphatic rings. The van der Waals surface area contributed by atoms with Crippen molar-refractivity contribution in [3.63, 3.8) is 0 Å². The van der Waals surface area contributed by atoms with Crippen LogP contribution < -0.4 is 14.9 Å². The van der Waals surface area contributed by atoms with Crippen LogP contribution in [0.3, 0.4) is 0 Å². The summed E-state index contributed by atoms with van der Waals surface area (Å²) in [5.74, 6) is -4.75. The summed E-state index contributed by atoms with van der Waals surface area (Å²) >= 11 is 0. The average Bonchev–Trinajstić information content (AvgIpc) is 2.37. The molecule has 0 unspecified atom stereocenters. The Morgan fingerprint density at radius 1 is 1.15 bits per heavy atom. The summed E-state index contributed by atoms with van der Waals surface area (Å²) in [4.78, 5) is 25.5. The number of aromatic nitrogens is 1. The third-order valence-electron chi connectivity index (χ3n) is 2.45. The van der Waals surface area contributed by atoms with Gasteiger partial charge in [0.05, 0.1) is 28.7 Å². The van der Waals surface area contributed by atoms with E-state index in [0.717, 1.165) is 0 Å². The molecule has 0 fully saturated rings. The molecule has 1 aromatic heterocycles. The Hall–Kier alpha value is -2.77. The largest absolute Gasteiger partial charge is 0.545 e. The second-order valence-corrected chi connectivity index (χ2v) is 3.64. The maximum absolute atomic E-state index is 12.4. The van der Waals surface area contributed by atoms with Gasteiger partial charge >= 0.3 is 6.61 Å². The molecule has 0 saturated carbocycles. The van der Waals surface area contributed by atoms with Crippen molar-refractivity contribution >= 4 is 22.8 Å². The number of ether oxygens (including phenoxy) is 1. The van der Waals surface area contributed by atoms with Gasteiger partial charge in [0.25, 0.3) is 0 Å². The van der Waals surface area contributed by atoms with E-state index in [1.54, 1.807) is 0 Å². The maximum Gasteiger partial charge on any atom is 0.387 e. The van der Waals surface area contributed by atoms with Gasteiger partial charge in [-0.2, -0.15) is 8.78 Å². The number of rotatable bonds is 4. The van der Waals surface area contributed by atoms with E-state index in [1.165, 1.54) is 24.3 Å². The summed E-state index contributed by atoms with van der Waals surface area (Å²) in [5, 5.41) is 21.8. The molecule has 0 amide bonds. The first-order valence-corrected chi connectivity index (χ1v) is 5.22. The summed E-state index contributed by atoms with van der Waals surface area (Å²) < 4.78 is 28.9. The van der Waals surface area contributed by atoms with Gasteiger partial charge in [-0.25, -0.2) is 4.98 Å². The molecule has 1 aromatic carbocycles. The zero-order chi connectivity index (χ0) is 14.9. The molecule has 0 radical (unpaired) electrons. The maximum atomic E-state index is 12.4. The number of pyridine rings is 1. The Morgan fingerprint density at radius 3 is 2.35 bits per heavy atom.